The Morgan fingerprint density at radius 1 is 1.43 bits per heavy atom. The molecule has 1 heterocycles. The Morgan fingerprint density at radius 3 is 2.71 bits per heavy atom. The minimum atomic E-state index is -0.214. The molecule has 0 aliphatic heterocycles. The first kappa shape index (κ1) is 15.5. The van der Waals surface area contributed by atoms with Crippen LogP contribution in [-0.4, -0.2) is 15.5 Å². The SMILES string of the molecule is C=C(Br)Cn1c(C(C)NC(=O)C(=C)C)nc2ccccc21. The van der Waals surface area contributed by atoms with Gasteiger partial charge in [-0.3, -0.25) is 4.79 Å². The Kier molecular flexibility index (Phi) is 4.63. The number of hydrogen-bond donors (Lipinski definition) is 1. The lowest BCUT2D eigenvalue weighted by Crippen LogP contribution is -2.29. The van der Waals surface area contributed by atoms with E-state index in [2.05, 4.69) is 44.0 Å². The molecule has 0 bridgehead atoms. The van der Waals surface area contributed by atoms with Crippen LogP contribution in [0.4, 0.5) is 0 Å². The number of imidazole rings is 1. The van der Waals surface area contributed by atoms with Gasteiger partial charge in [0.05, 0.1) is 23.6 Å². The molecule has 4 nitrogen and oxygen atoms in total. The highest BCUT2D eigenvalue weighted by molar-refractivity contribution is 9.11. The molecule has 1 amide bonds. The normalized spacial score (nSPS) is 12.1. The van der Waals surface area contributed by atoms with Crippen LogP contribution in [0.25, 0.3) is 11.0 Å². The summed E-state index contributed by atoms with van der Waals surface area (Å²) in [5.41, 5.74) is 2.40. The van der Waals surface area contributed by atoms with E-state index >= 15 is 0 Å². The average molecular weight is 348 g/mol. The summed E-state index contributed by atoms with van der Waals surface area (Å²) in [6.45, 7) is 11.7. The van der Waals surface area contributed by atoms with E-state index in [9.17, 15) is 4.79 Å². The standard InChI is InChI=1S/C16H18BrN3O/c1-10(2)16(21)18-12(4)15-19-13-7-5-6-8-14(13)20(15)9-11(3)17/h5-8,12H,1,3,9H2,2,4H3,(H,18,21). The predicted molar refractivity (Wildman–Crippen MR) is 89.2 cm³/mol. The predicted octanol–water partition coefficient (Wildman–Crippen LogP) is 3.70. The lowest BCUT2D eigenvalue weighted by molar-refractivity contribution is -0.118. The number of para-hydroxylation sites is 2. The Balaban J connectivity index is 2.44. The van der Waals surface area contributed by atoms with Crippen LogP contribution in [0.3, 0.4) is 0 Å². The highest BCUT2D eigenvalue weighted by Crippen LogP contribution is 2.23. The van der Waals surface area contributed by atoms with Crippen LogP contribution < -0.4 is 5.32 Å². The minimum absolute atomic E-state index is 0.168. The summed E-state index contributed by atoms with van der Waals surface area (Å²) in [7, 11) is 0. The Labute approximate surface area is 132 Å². The third-order valence-corrected chi connectivity index (χ3v) is 3.39. The average Bonchev–Trinajstić information content (AvgIpc) is 2.77. The van der Waals surface area contributed by atoms with Crippen molar-refractivity contribution >= 4 is 32.9 Å². The maximum Gasteiger partial charge on any atom is 0.246 e. The Hall–Kier alpha value is -1.88. The zero-order chi connectivity index (χ0) is 15.6. The number of nitrogens with one attached hydrogen (secondary N) is 1. The summed E-state index contributed by atoms with van der Waals surface area (Å²) in [6, 6.07) is 7.67. The van der Waals surface area contributed by atoms with Crippen LogP contribution in [0, 0.1) is 0 Å². The van der Waals surface area contributed by atoms with Crippen molar-refractivity contribution in [3.05, 3.63) is 53.3 Å². The molecule has 0 saturated heterocycles. The largest absolute Gasteiger partial charge is 0.343 e. The van der Waals surface area contributed by atoms with E-state index < -0.39 is 0 Å². The summed E-state index contributed by atoms with van der Waals surface area (Å²) < 4.78 is 2.90. The number of halogens is 1. The summed E-state index contributed by atoms with van der Waals surface area (Å²) in [5.74, 6) is 0.630. The quantitative estimate of drug-likeness (QED) is 0.838. The second-order valence-corrected chi connectivity index (χ2v) is 6.16. The minimum Gasteiger partial charge on any atom is -0.343 e. The zero-order valence-electron chi connectivity index (χ0n) is 12.2. The fourth-order valence-corrected chi connectivity index (χ4v) is 2.40. The van der Waals surface area contributed by atoms with E-state index in [-0.39, 0.29) is 11.9 Å². The van der Waals surface area contributed by atoms with Crippen LogP contribution in [0.2, 0.25) is 0 Å². The molecule has 5 heteroatoms. The van der Waals surface area contributed by atoms with Crippen molar-refractivity contribution in [3.63, 3.8) is 0 Å². The molecule has 2 rings (SSSR count). The number of nitrogens with zero attached hydrogens (tertiary/aromatic N) is 2. The van der Waals surface area contributed by atoms with Crippen LogP contribution in [0.15, 0.2) is 47.5 Å². The number of benzene rings is 1. The molecule has 0 aliphatic rings. The molecule has 1 atom stereocenters. The summed E-state index contributed by atoms with van der Waals surface area (Å²) in [6.07, 6.45) is 0. The maximum absolute atomic E-state index is 11.8. The van der Waals surface area contributed by atoms with Crippen molar-refractivity contribution in [1.82, 2.24) is 14.9 Å². The molecule has 1 unspecified atom stereocenters. The van der Waals surface area contributed by atoms with Gasteiger partial charge >= 0.3 is 0 Å². The number of hydrogen-bond acceptors (Lipinski definition) is 2. The molecule has 0 saturated carbocycles. The van der Waals surface area contributed by atoms with E-state index in [4.69, 9.17) is 0 Å². The monoisotopic (exact) mass is 347 g/mol. The van der Waals surface area contributed by atoms with Gasteiger partial charge < -0.3 is 9.88 Å². The first-order valence-electron chi connectivity index (χ1n) is 6.65. The van der Waals surface area contributed by atoms with Crippen LogP contribution in [0.5, 0.6) is 0 Å². The van der Waals surface area contributed by atoms with Crippen molar-refractivity contribution in [3.8, 4) is 0 Å². The Bertz CT molecular complexity index is 717. The van der Waals surface area contributed by atoms with Gasteiger partial charge in [-0.15, -0.1) is 0 Å². The van der Waals surface area contributed by atoms with Gasteiger partial charge in [-0.25, -0.2) is 4.98 Å². The second-order valence-electron chi connectivity index (χ2n) is 5.04. The molecular formula is C16H18BrN3O. The fraction of sp³-hybridized carbons (Fsp3) is 0.250. The molecule has 1 N–H and O–H groups in total. The van der Waals surface area contributed by atoms with Gasteiger partial charge in [-0.05, 0) is 26.0 Å². The Morgan fingerprint density at radius 2 is 2.10 bits per heavy atom. The van der Waals surface area contributed by atoms with Gasteiger partial charge in [0.25, 0.3) is 0 Å². The molecule has 0 aliphatic carbocycles. The molecule has 1 aromatic heterocycles. The first-order valence-corrected chi connectivity index (χ1v) is 7.44. The van der Waals surface area contributed by atoms with Crippen molar-refractivity contribution in [2.75, 3.05) is 0 Å². The second kappa shape index (κ2) is 6.26. The molecule has 0 spiro atoms. The summed E-state index contributed by atoms with van der Waals surface area (Å²) in [4.78, 5) is 16.4. The number of rotatable bonds is 5. The van der Waals surface area contributed by atoms with Crippen molar-refractivity contribution < 1.29 is 4.79 Å². The smallest absolute Gasteiger partial charge is 0.246 e. The molecule has 21 heavy (non-hydrogen) atoms. The van der Waals surface area contributed by atoms with E-state index in [1.165, 1.54) is 0 Å². The van der Waals surface area contributed by atoms with Gasteiger partial charge in [0.15, 0.2) is 0 Å². The number of carbonyl (C=O) groups is 1. The van der Waals surface area contributed by atoms with E-state index in [1.54, 1.807) is 6.92 Å². The molecule has 0 fully saturated rings. The van der Waals surface area contributed by atoms with Crippen molar-refractivity contribution in [2.24, 2.45) is 0 Å². The first-order chi connectivity index (χ1) is 9.90. The van der Waals surface area contributed by atoms with Gasteiger partial charge in [0.2, 0.25) is 5.91 Å². The lowest BCUT2D eigenvalue weighted by Gasteiger charge is -2.16. The van der Waals surface area contributed by atoms with Gasteiger partial charge in [-0.2, -0.15) is 0 Å². The highest BCUT2D eigenvalue weighted by Gasteiger charge is 2.18. The summed E-state index contributed by atoms with van der Waals surface area (Å²) >= 11 is 3.39. The maximum atomic E-state index is 11.8. The van der Waals surface area contributed by atoms with Crippen LogP contribution in [-0.2, 0) is 11.3 Å². The number of carbonyl (C=O) groups excluding carboxylic acids is 1. The van der Waals surface area contributed by atoms with Gasteiger partial charge in [-0.1, -0.05) is 41.2 Å². The van der Waals surface area contributed by atoms with Gasteiger partial charge in [0.1, 0.15) is 5.82 Å². The number of allylic oxidation sites excluding steroid dienone is 1. The molecule has 110 valence electrons. The highest BCUT2D eigenvalue weighted by atomic mass is 79.9. The van der Waals surface area contributed by atoms with Crippen molar-refractivity contribution in [1.29, 1.82) is 0 Å². The van der Waals surface area contributed by atoms with E-state index in [0.29, 0.717) is 12.1 Å². The van der Waals surface area contributed by atoms with E-state index in [1.807, 2.05) is 31.2 Å². The van der Waals surface area contributed by atoms with Crippen LogP contribution >= 0.6 is 15.9 Å². The molecule has 2 aromatic rings. The number of fused-ring (bicyclic) bond motifs is 1. The summed E-state index contributed by atoms with van der Waals surface area (Å²) in [5, 5.41) is 2.90. The lowest BCUT2D eigenvalue weighted by atomic mass is 10.2. The number of amides is 1. The fourth-order valence-electron chi connectivity index (χ4n) is 2.15. The van der Waals surface area contributed by atoms with Gasteiger partial charge in [0, 0.05) is 10.1 Å². The topological polar surface area (TPSA) is 46.9 Å². The third kappa shape index (κ3) is 3.42. The third-order valence-electron chi connectivity index (χ3n) is 3.14. The van der Waals surface area contributed by atoms with E-state index in [0.717, 1.165) is 21.3 Å². The zero-order valence-corrected chi connectivity index (χ0v) is 13.8. The van der Waals surface area contributed by atoms with Crippen molar-refractivity contribution in [2.45, 2.75) is 26.4 Å². The molecular weight excluding hydrogens is 330 g/mol. The van der Waals surface area contributed by atoms with Crippen LogP contribution in [0.1, 0.15) is 25.7 Å². The number of aromatic nitrogens is 2. The molecule has 0 radical (unpaired) electrons. The molecule has 1 aromatic carbocycles.